The van der Waals surface area contributed by atoms with Crippen LogP contribution in [0.4, 0.5) is 0 Å². The van der Waals surface area contributed by atoms with Crippen molar-refractivity contribution in [2.75, 3.05) is 20.8 Å². The van der Waals surface area contributed by atoms with Gasteiger partial charge in [0, 0.05) is 5.56 Å². The van der Waals surface area contributed by atoms with E-state index in [0.717, 1.165) is 11.3 Å². The zero-order valence-corrected chi connectivity index (χ0v) is 13.9. The molecule has 2 rings (SSSR count). The third-order valence-electron chi connectivity index (χ3n) is 3.22. The van der Waals surface area contributed by atoms with E-state index in [2.05, 4.69) is 10.5 Å². The molecular formula is C18H20N2O4. The molecular weight excluding hydrogens is 308 g/mol. The van der Waals surface area contributed by atoms with Crippen molar-refractivity contribution in [1.82, 2.24) is 5.43 Å². The van der Waals surface area contributed by atoms with Crippen LogP contribution in [-0.4, -0.2) is 32.9 Å². The summed E-state index contributed by atoms with van der Waals surface area (Å²) in [5.74, 6) is 1.53. The highest BCUT2D eigenvalue weighted by molar-refractivity contribution is 5.95. The second-order valence-electron chi connectivity index (χ2n) is 4.77. The first-order chi connectivity index (χ1) is 11.7. The fourth-order valence-electron chi connectivity index (χ4n) is 2.01. The molecule has 0 heterocycles. The van der Waals surface area contributed by atoms with Gasteiger partial charge in [0.1, 0.15) is 5.75 Å². The molecule has 0 spiro atoms. The Morgan fingerprint density at radius 2 is 1.83 bits per heavy atom. The third kappa shape index (κ3) is 4.49. The summed E-state index contributed by atoms with van der Waals surface area (Å²) in [5.41, 5.74) is 3.77. The zero-order valence-electron chi connectivity index (χ0n) is 13.9. The molecule has 6 heteroatoms. The van der Waals surface area contributed by atoms with Gasteiger partial charge >= 0.3 is 0 Å². The number of carbonyl (C=O) groups is 1. The zero-order chi connectivity index (χ0) is 17.4. The second-order valence-corrected chi connectivity index (χ2v) is 4.77. The highest BCUT2D eigenvalue weighted by Crippen LogP contribution is 2.27. The Labute approximate surface area is 141 Å². The van der Waals surface area contributed by atoms with Crippen LogP contribution in [0.25, 0.3) is 0 Å². The number of carbonyl (C=O) groups excluding carboxylic acids is 1. The molecule has 0 fully saturated rings. The van der Waals surface area contributed by atoms with Gasteiger partial charge in [-0.3, -0.25) is 4.79 Å². The quantitative estimate of drug-likeness (QED) is 0.627. The van der Waals surface area contributed by atoms with Crippen molar-refractivity contribution in [3.8, 4) is 17.2 Å². The normalized spacial score (nSPS) is 10.5. The number of hydrogen-bond donors (Lipinski definition) is 1. The number of hydrazone groups is 1. The van der Waals surface area contributed by atoms with Crippen molar-refractivity contribution < 1.29 is 19.0 Å². The first-order valence-corrected chi connectivity index (χ1v) is 7.46. The summed E-state index contributed by atoms with van der Waals surface area (Å²) in [6.45, 7) is 2.35. The summed E-state index contributed by atoms with van der Waals surface area (Å²) >= 11 is 0. The van der Waals surface area contributed by atoms with Crippen molar-refractivity contribution in [3.05, 3.63) is 53.6 Å². The van der Waals surface area contributed by atoms with Crippen molar-refractivity contribution in [2.45, 2.75) is 6.92 Å². The van der Waals surface area contributed by atoms with Crippen molar-refractivity contribution in [1.29, 1.82) is 0 Å². The molecule has 0 aliphatic rings. The van der Waals surface area contributed by atoms with Crippen LogP contribution >= 0.6 is 0 Å². The summed E-state index contributed by atoms with van der Waals surface area (Å²) < 4.78 is 15.7. The molecule has 0 saturated carbocycles. The molecule has 0 unspecified atom stereocenters. The van der Waals surface area contributed by atoms with E-state index in [1.165, 1.54) is 0 Å². The van der Waals surface area contributed by atoms with E-state index in [-0.39, 0.29) is 5.91 Å². The first kappa shape index (κ1) is 17.3. The van der Waals surface area contributed by atoms with Crippen LogP contribution in [0.3, 0.4) is 0 Å². The lowest BCUT2D eigenvalue weighted by Crippen LogP contribution is -2.17. The Hall–Kier alpha value is -3.02. The molecule has 24 heavy (non-hydrogen) atoms. The highest BCUT2D eigenvalue weighted by Gasteiger charge is 2.10. The molecule has 0 bridgehead atoms. The summed E-state index contributed by atoms with van der Waals surface area (Å²) in [6, 6.07) is 12.3. The predicted octanol–water partition coefficient (Wildman–Crippen LogP) is 2.87. The summed E-state index contributed by atoms with van der Waals surface area (Å²) in [5, 5.41) is 3.95. The average Bonchev–Trinajstić information content (AvgIpc) is 2.62. The van der Waals surface area contributed by atoms with Gasteiger partial charge in [-0.25, -0.2) is 5.43 Å². The Morgan fingerprint density at radius 1 is 1.08 bits per heavy atom. The molecule has 2 aromatic rings. The Kier molecular flexibility index (Phi) is 6.19. The largest absolute Gasteiger partial charge is 0.497 e. The third-order valence-corrected chi connectivity index (χ3v) is 3.22. The standard InChI is InChI=1S/C18H20N2O4/c1-4-24-17-11-14(7-10-16(17)23-3)18(21)20-19-12-13-5-8-15(22-2)9-6-13/h5-12H,4H2,1-3H3,(H,20,21)/b19-12+. The van der Waals surface area contributed by atoms with Crippen molar-refractivity contribution >= 4 is 12.1 Å². The van der Waals surface area contributed by atoms with Gasteiger partial charge < -0.3 is 14.2 Å². The van der Waals surface area contributed by atoms with Gasteiger partial charge in [0.25, 0.3) is 5.91 Å². The van der Waals surface area contributed by atoms with Crippen LogP contribution < -0.4 is 19.6 Å². The number of methoxy groups -OCH3 is 2. The van der Waals surface area contributed by atoms with Crippen LogP contribution in [-0.2, 0) is 0 Å². The summed E-state index contributed by atoms with van der Waals surface area (Å²) in [7, 11) is 3.16. The Morgan fingerprint density at radius 3 is 2.46 bits per heavy atom. The molecule has 0 saturated heterocycles. The maximum absolute atomic E-state index is 12.2. The minimum Gasteiger partial charge on any atom is -0.497 e. The number of ether oxygens (including phenoxy) is 3. The molecule has 0 radical (unpaired) electrons. The van der Waals surface area contributed by atoms with E-state index in [1.807, 2.05) is 31.2 Å². The maximum Gasteiger partial charge on any atom is 0.271 e. The molecule has 0 aliphatic heterocycles. The number of rotatable bonds is 7. The minimum absolute atomic E-state index is 0.330. The summed E-state index contributed by atoms with van der Waals surface area (Å²) in [6.07, 6.45) is 1.56. The van der Waals surface area contributed by atoms with Crippen LogP contribution in [0.1, 0.15) is 22.8 Å². The SMILES string of the molecule is CCOc1cc(C(=O)N/N=C/c2ccc(OC)cc2)ccc1OC. The fourth-order valence-corrected chi connectivity index (χ4v) is 2.01. The second kappa shape index (κ2) is 8.57. The molecule has 0 atom stereocenters. The van der Waals surface area contributed by atoms with E-state index in [0.29, 0.717) is 23.7 Å². The van der Waals surface area contributed by atoms with E-state index >= 15 is 0 Å². The van der Waals surface area contributed by atoms with E-state index in [9.17, 15) is 4.79 Å². The number of benzene rings is 2. The van der Waals surface area contributed by atoms with Crippen LogP contribution in [0.5, 0.6) is 17.2 Å². The topological polar surface area (TPSA) is 69.2 Å². The van der Waals surface area contributed by atoms with Crippen LogP contribution in [0.2, 0.25) is 0 Å². The smallest absolute Gasteiger partial charge is 0.271 e. The van der Waals surface area contributed by atoms with Crippen molar-refractivity contribution in [3.63, 3.8) is 0 Å². The van der Waals surface area contributed by atoms with Gasteiger partial charge in [0.05, 0.1) is 27.0 Å². The van der Waals surface area contributed by atoms with E-state index in [4.69, 9.17) is 14.2 Å². The molecule has 1 amide bonds. The molecule has 0 aliphatic carbocycles. The van der Waals surface area contributed by atoms with Gasteiger partial charge in [0.15, 0.2) is 11.5 Å². The Balaban J connectivity index is 2.03. The minimum atomic E-state index is -0.330. The van der Waals surface area contributed by atoms with Crippen LogP contribution in [0, 0.1) is 0 Å². The van der Waals surface area contributed by atoms with Gasteiger partial charge in [-0.05, 0) is 55.0 Å². The molecule has 2 aromatic carbocycles. The van der Waals surface area contributed by atoms with E-state index in [1.54, 1.807) is 38.6 Å². The van der Waals surface area contributed by atoms with E-state index < -0.39 is 0 Å². The molecule has 0 aromatic heterocycles. The fraction of sp³-hybridized carbons (Fsp3) is 0.222. The van der Waals surface area contributed by atoms with Gasteiger partial charge in [0.2, 0.25) is 0 Å². The summed E-state index contributed by atoms with van der Waals surface area (Å²) in [4.78, 5) is 12.2. The monoisotopic (exact) mass is 328 g/mol. The van der Waals surface area contributed by atoms with Gasteiger partial charge in [-0.15, -0.1) is 0 Å². The van der Waals surface area contributed by atoms with Crippen molar-refractivity contribution in [2.24, 2.45) is 5.10 Å². The average molecular weight is 328 g/mol. The van der Waals surface area contributed by atoms with Crippen LogP contribution in [0.15, 0.2) is 47.6 Å². The number of amides is 1. The lowest BCUT2D eigenvalue weighted by molar-refractivity contribution is 0.0954. The number of nitrogens with zero attached hydrogens (tertiary/aromatic N) is 1. The predicted molar refractivity (Wildman–Crippen MR) is 92.2 cm³/mol. The lowest BCUT2D eigenvalue weighted by atomic mass is 10.2. The highest BCUT2D eigenvalue weighted by atomic mass is 16.5. The maximum atomic E-state index is 12.2. The molecule has 1 N–H and O–H groups in total. The number of nitrogens with one attached hydrogen (secondary N) is 1. The molecule has 126 valence electrons. The number of hydrogen-bond acceptors (Lipinski definition) is 5. The first-order valence-electron chi connectivity index (χ1n) is 7.46. The van der Waals surface area contributed by atoms with Gasteiger partial charge in [-0.1, -0.05) is 0 Å². The van der Waals surface area contributed by atoms with Gasteiger partial charge in [-0.2, -0.15) is 5.10 Å². The lowest BCUT2D eigenvalue weighted by Gasteiger charge is -2.10. The Bertz CT molecular complexity index is 711. The molecule has 6 nitrogen and oxygen atoms in total.